The average Bonchev–Trinajstić information content (AvgIpc) is 3.01. The first kappa shape index (κ1) is 12.0. The Labute approximate surface area is 120 Å². The monoisotopic (exact) mass is 283 g/mol. The summed E-state index contributed by atoms with van der Waals surface area (Å²) in [5.41, 5.74) is 2.43. The van der Waals surface area contributed by atoms with Gasteiger partial charge >= 0.3 is 0 Å². The number of aromatic nitrogens is 4. The lowest BCUT2D eigenvalue weighted by Gasteiger charge is -2.18. The lowest BCUT2D eigenvalue weighted by molar-refractivity contribution is 0.171. The number of anilines is 1. The molecule has 0 bridgehead atoms. The van der Waals surface area contributed by atoms with Crippen molar-refractivity contribution in [3.8, 4) is 22.8 Å². The van der Waals surface area contributed by atoms with Crippen LogP contribution in [0.4, 0.5) is 5.95 Å². The molecular weight excluding hydrogens is 270 g/mol. The molecule has 0 unspecified atom stereocenters. The topological polar surface area (TPSA) is 85.0 Å². The van der Waals surface area contributed by atoms with Gasteiger partial charge < -0.3 is 14.8 Å². The number of ether oxygens (including phenoxy) is 2. The van der Waals surface area contributed by atoms with Gasteiger partial charge in [0.05, 0.1) is 17.3 Å². The van der Waals surface area contributed by atoms with E-state index in [1.807, 2.05) is 18.2 Å². The molecule has 0 atom stereocenters. The van der Waals surface area contributed by atoms with E-state index in [0.717, 1.165) is 28.1 Å². The minimum Gasteiger partial charge on any atom is -0.486 e. The number of benzene rings is 1. The maximum Gasteiger partial charge on any atom is 0.225 e. The van der Waals surface area contributed by atoms with Crippen LogP contribution >= 0.6 is 0 Å². The van der Waals surface area contributed by atoms with Gasteiger partial charge in [0.2, 0.25) is 5.95 Å². The average molecular weight is 283 g/mol. The van der Waals surface area contributed by atoms with E-state index in [0.29, 0.717) is 24.8 Å². The van der Waals surface area contributed by atoms with Crippen molar-refractivity contribution in [1.29, 1.82) is 0 Å². The Hall–Kier alpha value is -2.83. The highest BCUT2D eigenvalue weighted by molar-refractivity contribution is 5.91. The predicted molar refractivity (Wildman–Crippen MR) is 77.7 cm³/mol. The molecule has 0 radical (unpaired) electrons. The van der Waals surface area contributed by atoms with E-state index in [4.69, 9.17) is 9.47 Å². The van der Waals surface area contributed by atoms with Crippen LogP contribution in [0.3, 0.4) is 0 Å². The molecular formula is C14H13N5O2. The summed E-state index contributed by atoms with van der Waals surface area (Å²) in [6, 6.07) is 5.79. The molecule has 106 valence electrons. The molecule has 3 heterocycles. The SMILES string of the molecule is CNc1nc(-c2ccc3c(c2)OCCO3)c2cn[nH]c2n1. The highest BCUT2D eigenvalue weighted by Crippen LogP contribution is 2.35. The number of nitrogens with one attached hydrogen (secondary N) is 2. The quantitative estimate of drug-likeness (QED) is 0.746. The first-order chi connectivity index (χ1) is 10.3. The molecule has 2 N–H and O–H groups in total. The molecule has 7 heteroatoms. The summed E-state index contributed by atoms with van der Waals surface area (Å²) in [5, 5.41) is 10.7. The van der Waals surface area contributed by atoms with E-state index in [2.05, 4.69) is 25.5 Å². The van der Waals surface area contributed by atoms with Gasteiger partial charge in [0, 0.05) is 12.6 Å². The van der Waals surface area contributed by atoms with Crippen LogP contribution in [-0.4, -0.2) is 40.4 Å². The van der Waals surface area contributed by atoms with E-state index in [1.54, 1.807) is 13.2 Å². The number of hydrogen-bond acceptors (Lipinski definition) is 6. The predicted octanol–water partition coefficient (Wildman–Crippen LogP) is 1.83. The van der Waals surface area contributed by atoms with Crippen molar-refractivity contribution in [3.63, 3.8) is 0 Å². The molecule has 21 heavy (non-hydrogen) atoms. The molecule has 1 aliphatic heterocycles. The van der Waals surface area contributed by atoms with Crippen LogP contribution in [0.15, 0.2) is 24.4 Å². The minimum absolute atomic E-state index is 0.539. The van der Waals surface area contributed by atoms with Crippen LogP contribution in [0.1, 0.15) is 0 Å². The molecule has 3 aromatic rings. The van der Waals surface area contributed by atoms with Crippen LogP contribution in [0, 0.1) is 0 Å². The molecule has 0 saturated carbocycles. The summed E-state index contributed by atoms with van der Waals surface area (Å²) < 4.78 is 11.2. The Morgan fingerprint density at radius 2 is 2.00 bits per heavy atom. The number of H-pyrrole nitrogens is 1. The zero-order chi connectivity index (χ0) is 14.2. The fourth-order valence-electron chi connectivity index (χ4n) is 2.36. The molecule has 7 nitrogen and oxygen atoms in total. The maximum atomic E-state index is 5.63. The van der Waals surface area contributed by atoms with Crippen molar-refractivity contribution in [1.82, 2.24) is 20.2 Å². The van der Waals surface area contributed by atoms with Gasteiger partial charge in [-0.05, 0) is 18.2 Å². The molecule has 0 aliphatic carbocycles. The zero-order valence-corrected chi connectivity index (χ0v) is 11.4. The molecule has 1 aliphatic rings. The minimum atomic E-state index is 0.539. The van der Waals surface area contributed by atoms with Crippen molar-refractivity contribution < 1.29 is 9.47 Å². The molecule has 0 saturated heterocycles. The third kappa shape index (κ3) is 1.94. The molecule has 0 amide bonds. The van der Waals surface area contributed by atoms with Crippen LogP contribution < -0.4 is 14.8 Å². The summed E-state index contributed by atoms with van der Waals surface area (Å²) in [5.74, 6) is 2.04. The zero-order valence-electron chi connectivity index (χ0n) is 11.4. The first-order valence-corrected chi connectivity index (χ1v) is 6.64. The second-order valence-electron chi connectivity index (χ2n) is 4.64. The summed E-state index contributed by atoms with van der Waals surface area (Å²) in [4.78, 5) is 8.86. The van der Waals surface area contributed by atoms with Crippen molar-refractivity contribution in [2.45, 2.75) is 0 Å². The Morgan fingerprint density at radius 3 is 2.86 bits per heavy atom. The molecule has 0 spiro atoms. The fraction of sp³-hybridized carbons (Fsp3) is 0.214. The van der Waals surface area contributed by atoms with Crippen molar-refractivity contribution in [3.05, 3.63) is 24.4 Å². The van der Waals surface area contributed by atoms with Crippen LogP contribution in [-0.2, 0) is 0 Å². The summed E-state index contributed by atoms with van der Waals surface area (Å²) in [6.45, 7) is 1.14. The summed E-state index contributed by atoms with van der Waals surface area (Å²) in [6.07, 6.45) is 1.72. The van der Waals surface area contributed by atoms with Crippen molar-refractivity contribution >= 4 is 17.0 Å². The number of aromatic amines is 1. The van der Waals surface area contributed by atoms with Crippen molar-refractivity contribution in [2.75, 3.05) is 25.6 Å². The highest BCUT2D eigenvalue weighted by atomic mass is 16.6. The van der Waals surface area contributed by atoms with Gasteiger partial charge in [0.25, 0.3) is 0 Å². The van der Waals surface area contributed by atoms with Gasteiger partial charge in [-0.3, -0.25) is 5.10 Å². The number of nitrogens with zero attached hydrogens (tertiary/aromatic N) is 3. The number of hydrogen-bond donors (Lipinski definition) is 2. The highest BCUT2D eigenvalue weighted by Gasteiger charge is 2.16. The second-order valence-corrected chi connectivity index (χ2v) is 4.64. The van der Waals surface area contributed by atoms with Gasteiger partial charge in [0.1, 0.15) is 13.2 Å². The largest absolute Gasteiger partial charge is 0.486 e. The fourth-order valence-corrected chi connectivity index (χ4v) is 2.36. The lowest BCUT2D eigenvalue weighted by Crippen LogP contribution is -2.15. The standard InChI is InChI=1S/C14H13N5O2/c1-15-14-17-12(9-7-16-19-13(9)18-14)8-2-3-10-11(6-8)21-5-4-20-10/h2-3,6-7H,4-5H2,1H3,(H2,15,16,17,18,19). The summed E-state index contributed by atoms with van der Waals surface area (Å²) >= 11 is 0. The Kier molecular flexibility index (Phi) is 2.63. The Morgan fingerprint density at radius 1 is 1.14 bits per heavy atom. The second kappa shape index (κ2) is 4.62. The molecule has 0 fully saturated rings. The first-order valence-electron chi connectivity index (χ1n) is 6.64. The van der Waals surface area contributed by atoms with Crippen molar-refractivity contribution in [2.24, 2.45) is 0 Å². The Bertz CT molecular complexity index is 814. The van der Waals surface area contributed by atoms with E-state index < -0.39 is 0 Å². The van der Waals surface area contributed by atoms with E-state index in [9.17, 15) is 0 Å². The van der Waals surface area contributed by atoms with E-state index in [1.165, 1.54) is 0 Å². The third-order valence-electron chi connectivity index (χ3n) is 3.35. The van der Waals surface area contributed by atoms with Crippen LogP contribution in [0.2, 0.25) is 0 Å². The smallest absolute Gasteiger partial charge is 0.225 e. The van der Waals surface area contributed by atoms with E-state index in [-0.39, 0.29) is 0 Å². The molecule has 2 aromatic heterocycles. The number of rotatable bonds is 2. The third-order valence-corrected chi connectivity index (χ3v) is 3.35. The number of fused-ring (bicyclic) bond motifs is 2. The van der Waals surface area contributed by atoms with Gasteiger partial charge in [-0.15, -0.1) is 0 Å². The van der Waals surface area contributed by atoms with Crippen LogP contribution in [0.5, 0.6) is 11.5 Å². The van der Waals surface area contributed by atoms with Crippen LogP contribution in [0.25, 0.3) is 22.3 Å². The lowest BCUT2D eigenvalue weighted by atomic mass is 10.1. The van der Waals surface area contributed by atoms with Gasteiger partial charge in [-0.1, -0.05) is 0 Å². The van der Waals surface area contributed by atoms with Gasteiger partial charge in [0.15, 0.2) is 17.1 Å². The van der Waals surface area contributed by atoms with Gasteiger partial charge in [-0.2, -0.15) is 10.1 Å². The molecule has 1 aromatic carbocycles. The van der Waals surface area contributed by atoms with E-state index >= 15 is 0 Å². The summed E-state index contributed by atoms with van der Waals surface area (Å²) in [7, 11) is 1.78. The maximum absolute atomic E-state index is 5.63. The van der Waals surface area contributed by atoms with Gasteiger partial charge in [-0.25, -0.2) is 4.98 Å². The Balaban J connectivity index is 1.91. The molecule has 4 rings (SSSR count). The normalized spacial score (nSPS) is 13.4.